The zero-order valence-electron chi connectivity index (χ0n) is 9.35. The molecule has 0 aromatic heterocycles. The van der Waals surface area contributed by atoms with Crippen LogP contribution in [0.3, 0.4) is 0 Å². The van der Waals surface area contributed by atoms with E-state index < -0.39 is 0 Å². The lowest BCUT2D eigenvalue weighted by molar-refractivity contribution is 0.293. The molecule has 0 aliphatic heterocycles. The van der Waals surface area contributed by atoms with Gasteiger partial charge in [0.2, 0.25) is 0 Å². The van der Waals surface area contributed by atoms with E-state index >= 15 is 0 Å². The topological polar surface area (TPSA) is 9.23 Å². The summed E-state index contributed by atoms with van der Waals surface area (Å²) in [6, 6.07) is 0. The number of hydrogen-bond acceptors (Lipinski definition) is 1. The maximum atomic E-state index is 5.05. The van der Waals surface area contributed by atoms with Gasteiger partial charge in [0.1, 0.15) is 0 Å². The molecular formula is C12H20O. The van der Waals surface area contributed by atoms with Crippen LogP contribution in [0.4, 0.5) is 0 Å². The predicted octanol–water partition coefficient (Wildman–Crippen LogP) is 3.84. The first kappa shape index (κ1) is 12.0. The van der Waals surface area contributed by atoms with E-state index in [2.05, 4.69) is 32.9 Å². The van der Waals surface area contributed by atoms with Crippen molar-refractivity contribution in [3.63, 3.8) is 0 Å². The van der Waals surface area contributed by atoms with Crippen LogP contribution in [0.25, 0.3) is 0 Å². The first-order chi connectivity index (χ1) is 6.06. The van der Waals surface area contributed by atoms with Crippen LogP contribution in [-0.4, -0.2) is 7.11 Å². The minimum absolute atomic E-state index is 0.950. The Bertz CT molecular complexity index is 228. The Morgan fingerprint density at radius 3 is 2.15 bits per heavy atom. The molecule has 0 aliphatic carbocycles. The summed E-state index contributed by atoms with van der Waals surface area (Å²) < 4.78 is 5.05. The highest BCUT2D eigenvalue weighted by molar-refractivity contribution is 5.19. The average Bonchev–Trinajstić information content (AvgIpc) is 2.03. The highest BCUT2D eigenvalue weighted by Gasteiger charge is 1.86. The summed E-state index contributed by atoms with van der Waals surface area (Å²) in [5.41, 5.74) is 2.60. The molecule has 0 N–H and O–H groups in total. The fraction of sp³-hybridized carbons (Fsp3) is 0.500. The van der Waals surface area contributed by atoms with Crippen molar-refractivity contribution in [2.75, 3.05) is 7.11 Å². The van der Waals surface area contributed by atoms with Crippen LogP contribution in [0, 0.1) is 0 Å². The Kier molecular flexibility index (Phi) is 6.03. The van der Waals surface area contributed by atoms with E-state index in [1.165, 1.54) is 11.1 Å². The second-order valence-corrected chi connectivity index (χ2v) is 3.42. The Balaban J connectivity index is 4.11. The summed E-state index contributed by atoms with van der Waals surface area (Å²) in [6.45, 7) is 8.26. The van der Waals surface area contributed by atoms with Gasteiger partial charge < -0.3 is 4.74 Å². The van der Waals surface area contributed by atoms with E-state index in [-0.39, 0.29) is 0 Å². The fourth-order valence-corrected chi connectivity index (χ4v) is 0.919. The highest BCUT2D eigenvalue weighted by atomic mass is 16.5. The molecule has 0 fully saturated rings. The van der Waals surface area contributed by atoms with Crippen LogP contribution in [0.15, 0.2) is 35.1 Å². The summed E-state index contributed by atoms with van der Waals surface area (Å²) in [5.74, 6) is 0.950. The van der Waals surface area contributed by atoms with Gasteiger partial charge in [-0.25, -0.2) is 0 Å². The Morgan fingerprint density at radius 2 is 1.69 bits per heavy atom. The van der Waals surface area contributed by atoms with Gasteiger partial charge in [-0.3, -0.25) is 0 Å². The van der Waals surface area contributed by atoms with E-state index in [1.807, 2.05) is 13.0 Å². The van der Waals surface area contributed by atoms with Gasteiger partial charge in [-0.2, -0.15) is 0 Å². The lowest BCUT2D eigenvalue weighted by atomic mass is 10.2. The predicted molar refractivity (Wildman–Crippen MR) is 58.6 cm³/mol. The molecule has 13 heavy (non-hydrogen) atoms. The van der Waals surface area contributed by atoms with Crippen molar-refractivity contribution in [3.05, 3.63) is 35.1 Å². The third kappa shape index (κ3) is 7.38. The summed E-state index contributed by atoms with van der Waals surface area (Å²) in [7, 11) is 1.69. The van der Waals surface area contributed by atoms with E-state index in [9.17, 15) is 0 Å². The van der Waals surface area contributed by atoms with Gasteiger partial charge in [-0.15, -0.1) is 0 Å². The summed E-state index contributed by atoms with van der Waals surface area (Å²) >= 11 is 0. The first-order valence-electron chi connectivity index (χ1n) is 4.58. The normalized spacial score (nSPS) is 12.7. The molecule has 0 saturated carbocycles. The number of ether oxygens (including phenoxy) is 1. The molecule has 0 aliphatic rings. The van der Waals surface area contributed by atoms with E-state index in [0.29, 0.717) is 0 Å². The van der Waals surface area contributed by atoms with Crippen molar-refractivity contribution in [2.45, 2.75) is 34.1 Å². The molecule has 0 unspecified atom stereocenters. The van der Waals surface area contributed by atoms with E-state index in [0.717, 1.165) is 12.2 Å². The van der Waals surface area contributed by atoms with Crippen LogP contribution < -0.4 is 0 Å². The van der Waals surface area contributed by atoms with Gasteiger partial charge in [0.15, 0.2) is 0 Å². The summed E-state index contributed by atoms with van der Waals surface area (Å²) in [4.78, 5) is 0. The minimum atomic E-state index is 0.950. The Labute approximate surface area is 81.8 Å². The monoisotopic (exact) mass is 180 g/mol. The zero-order valence-corrected chi connectivity index (χ0v) is 9.35. The Morgan fingerprint density at radius 1 is 1.08 bits per heavy atom. The number of rotatable bonds is 4. The molecule has 1 nitrogen and oxygen atoms in total. The quantitative estimate of drug-likeness (QED) is 0.363. The van der Waals surface area contributed by atoms with Crippen molar-refractivity contribution in [1.29, 1.82) is 0 Å². The van der Waals surface area contributed by atoms with Crippen molar-refractivity contribution < 1.29 is 4.74 Å². The molecule has 0 radical (unpaired) electrons. The molecule has 74 valence electrons. The maximum absolute atomic E-state index is 5.05. The van der Waals surface area contributed by atoms with Crippen molar-refractivity contribution >= 4 is 0 Å². The van der Waals surface area contributed by atoms with Crippen molar-refractivity contribution in [2.24, 2.45) is 0 Å². The largest absolute Gasteiger partial charge is 0.501 e. The van der Waals surface area contributed by atoms with Gasteiger partial charge in [0.05, 0.1) is 12.9 Å². The summed E-state index contributed by atoms with van der Waals surface area (Å²) in [6.07, 6.45) is 7.44. The first-order valence-corrected chi connectivity index (χ1v) is 4.58. The second kappa shape index (κ2) is 6.53. The van der Waals surface area contributed by atoms with E-state index in [4.69, 9.17) is 4.74 Å². The molecule has 1 heteroatoms. The average molecular weight is 180 g/mol. The van der Waals surface area contributed by atoms with Gasteiger partial charge >= 0.3 is 0 Å². The maximum Gasteiger partial charge on any atom is 0.0927 e. The molecule has 0 rings (SSSR count). The lowest BCUT2D eigenvalue weighted by Crippen LogP contribution is -1.80. The van der Waals surface area contributed by atoms with Crippen LogP contribution in [0.2, 0.25) is 0 Å². The lowest BCUT2D eigenvalue weighted by Gasteiger charge is -1.98. The van der Waals surface area contributed by atoms with Gasteiger partial charge in [-0.05, 0) is 40.2 Å². The molecule has 0 bridgehead atoms. The van der Waals surface area contributed by atoms with Crippen LogP contribution >= 0.6 is 0 Å². The third-order valence-electron chi connectivity index (χ3n) is 1.72. The fourth-order valence-electron chi connectivity index (χ4n) is 0.919. The van der Waals surface area contributed by atoms with Crippen molar-refractivity contribution in [3.8, 4) is 0 Å². The number of methoxy groups -OCH3 is 1. The molecule has 0 saturated heterocycles. The molecule has 0 heterocycles. The molecule has 0 aromatic carbocycles. The van der Waals surface area contributed by atoms with E-state index in [1.54, 1.807) is 7.11 Å². The SMILES string of the molecule is COC(C)=CC(C)=CCC=C(C)C. The highest BCUT2D eigenvalue weighted by Crippen LogP contribution is 2.04. The van der Waals surface area contributed by atoms with Crippen LogP contribution in [0.1, 0.15) is 34.1 Å². The van der Waals surface area contributed by atoms with Gasteiger partial charge in [-0.1, -0.05) is 23.3 Å². The summed E-state index contributed by atoms with van der Waals surface area (Å²) in [5, 5.41) is 0. The van der Waals surface area contributed by atoms with Gasteiger partial charge in [0, 0.05) is 0 Å². The van der Waals surface area contributed by atoms with Crippen LogP contribution in [0.5, 0.6) is 0 Å². The molecule has 0 spiro atoms. The Hall–Kier alpha value is -0.980. The van der Waals surface area contributed by atoms with Crippen LogP contribution in [-0.2, 0) is 4.74 Å². The van der Waals surface area contributed by atoms with Crippen molar-refractivity contribution in [1.82, 2.24) is 0 Å². The second-order valence-electron chi connectivity index (χ2n) is 3.42. The number of hydrogen-bond donors (Lipinski definition) is 0. The molecule has 0 atom stereocenters. The molecule has 0 aromatic rings. The molecule has 0 amide bonds. The third-order valence-corrected chi connectivity index (χ3v) is 1.72. The zero-order chi connectivity index (χ0) is 10.3. The number of allylic oxidation sites excluding steroid dienone is 6. The smallest absolute Gasteiger partial charge is 0.0927 e. The minimum Gasteiger partial charge on any atom is -0.501 e. The molecular weight excluding hydrogens is 160 g/mol. The standard InChI is InChI=1S/C12H20O/c1-10(2)7-6-8-11(3)9-12(4)13-5/h7-9H,6H2,1-5H3. The van der Waals surface area contributed by atoms with Gasteiger partial charge in [0.25, 0.3) is 0 Å².